The molecule has 3 nitrogen and oxygen atoms in total. The van der Waals surface area contributed by atoms with Crippen LogP contribution in [0.2, 0.25) is 0 Å². The van der Waals surface area contributed by atoms with E-state index in [0.717, 1.165) is 40.4 Å². The standard InChI is InChI=1S/C21H19BrNO2/c22-19-6-1-2-7-21(19)25-16-10-11-20(23-13-16)17-5-3-4-14-8-9-15(24)12-18(14)17/h1-9,12,16,20,23H,10-11,13H2. The van der Waals surface area contributed by atoms with Crippen LogP contribution in [0.5, 0.6) is 11.5 Å². The average Bonchev–Trinajstić information content (AvgIpc) is 2.64. The van der Waals surface area contributed by atoms with Crippen molar-refractivity contribution in [2.75, 3.05) is 6.54 Å². The fourth-order valence-electron chi connectivity index (χ4n) is 3.50. The van der Waals surface area contributed by atoms with Crippen LogP contribution in [0.25, 0.3) is 10.8 Å². The first kappa shape index (κ1) is 16.4. The van der Waals surface area contributed by atoms with Crippen molar-refractivity contribution in [3.8, 4) is 11.5 Å². The lowest BCUT2D eigenvalue weighted by molar-refractivity contribution is 0.149. The Kier molecular flexibility index (Phi) is 4.64. The molecule has 1 saturated heterocycles. The topological polar surface area (TPSA) is 41.2 Å². The molecule has 1 aliphatic heterocycles. The Morgan fingerprint density at radius 1 is 1.00 bits per heavy atom. The van der Waals surface area contributed by atoms with Crippen LogP contribution in [0.1, 0.15) is 24.4 Å². The van der Waals surface area contributed by atoms with Gasteiger partial charge in [0.2, 0.25) is 0 Å². The van der Waals surface area contributed by atoms with Gasteiger partial charge in [0, 0.05) is 12.6 Å². The number of ether oxygens (including phenoxy) is 1. The lowest BCUT2D eigenvalue weighted by Crippen LogP contribution is -2.39. The van der Waals surface area contributed by atoms with Gasteiger partial charge in [0.05, 0.1) is 4.47 Å². The van der Waals surface area contributed by atoms with Gasteiger partial charge < -0.3 is 10.1 Å². The number of rotatable bonds is 3. The van der Waals surface area contributed by atoms with Crippen LogP contribution in [-0.2, 0) is 5.11 Å². The minimum Gasteiger partial charge on any atom is -0.488 e. The normalized spacial score (nSPS) is 20.5. The zero-order valence-corrected chi connectivity index (χ0v) is 15.3. The van der Waals surface area contributed by atoms with Crippen LogP contribution in [0, 0.1) is 0 Å². The van der Waals surface area contributed by atoms with E-state index in [-0.39, 0.29) is 17.9 Å². The summed E-state index contributed by atoms with van der Waals surface area (Å²) in [6, 6.07) is 19.7. The maximum Gasteiger partial charge on any atom is 0.179 e. The van der Waals surface area contributed by atoms with Gasteiger partial charge in [0.15, 0.2) is 5.75 Å². The van der Waals surface area contributed by atoms with Gasteiger partial charge in [-0.25, -0.2) is 0 Å². The molecule has 2 unspecified atom stereocenters. The Bertz CT molecular complexity index is 888. The number of nitrogens with one attached hydrogen (secondary N) is 1. The van der Waals surface area contributed by atoms with Gasteiger partial charge >= 0.3 is 0 Å². The first-order valence-electron chi connectivity index (χ1n) is 8.55. The van der Waals surface area contributed by atoms with Crippen molar-refractivity contribution >= 4 is 26.7 Å². The van der Waals surface area contributed by atoms with Crippen molar-refractivity contribution in [2.24, 2.45) is 0 Å². The summed E-state index contributed by atoms with van der Waals surface area (Å²) < 4.78 is 7.10. The summed E-state index contributed by atoms with van der Waals surface area (Å²) in [5.41, 5.74) is 1.20. The fraction of sp³-hybridized carbons (Fsp3) is 0.238. The Balaban J connectivity index is 1.49. The highest BCUT2D eigenvalue weighted by Crippen LogP contribution is 2.33. The predicted molar refractivity (Wildman–Crippen MR) is 103 cm³/mol. The fourth-order valence-corrected chi connectivity index (χ4v) is 3.87. The number of halogens is 1. The first-order valence-corrected chi connectivity index (χ1v) is 9.34. The van der Waals surface area contributed by atoms with E-state index in [0.29, 0.717) is 0 Å². The molecule has 0 amide bonds. The Morgan fingerprint density at radius 3 is 2.68 bits per heavy atom. The zero-order chi connectivity index (χ0) is 17.2. The third kappa shape index (κ3) is 3.51. The van der Waals surface area contributed by atoms with E-state index in [1.165, 1.54) is 5.56 Å². The van der Waals surface area contributed by atoms with E-state index < -0.39 is 0 Å². The van der Waals surface area contributed by atoms with Crippen molar-refractivity contribution in [3.05, 3.63) is 70.7 Å². The summed E-state index contributed by atoms with van der Waals surface area (Å²) in [6.45, 7) is 0.791. The summed E-state index contributed by atoms with van der Waals surface area (Å²) >= 11 is 3.53. The van der Waals surface area contributed by atoms with E-state index in [1.54, 1.807) is 12.1 Å². The van der Waals surface area contributed by atoms with Crippen molar-refractivity contribution in [3.63, 3.8) is 0 Å². The zero-order valence-electron chi connectivity index (χ0n) is 13.7. The molecular weight excluding hydrogens is 378 g/mol. The number of hydrogen-bond donors (Lipinski definition) is 1. The molecule has 25 heavy (non-hydrogen) atoms. The maximum absolute atomic E-state index is 11.8. The Labute approximate surface area is 155 Å². The number of fused-ring (bicyclic) bond motifs is 1. The second-order valence-corrected chi connectivity index (χ2v) is 7.29. The predicted octanol–water partition coefficient (Wildman–Crippen LogP) is 5.62. The molecule has 0 spiro atoms. The quantitative estimate of drug-likeness (QED) is 0.624. The molecule has 127 valence electrons. The monoisotopic (exact) mass is 396 g/mol. The van der Waals surface area contributed by atoms with E-state index in [2.05, 4.69) is 39.4 Å². The SMILES string of the molecule is [O]c1ccc2cccc(C3CCC(Oc4ccccc4Br)CN3)c2c1. The minimum atomic E-state index is 0.0610. The molecule has 1 radical (unpaired) electrons. The average molecular weight is 397 g/mol. The van der Waals surface area contributed by atoms with Crippen LogP contribution in [-0.4, -0.2) is 12.6 Å². The largest absolute Gasteiger partial charge is 0.488 e. The second kappa shape index (κ2) is 7.06. The lowest BCUT2D eigenvalue weighted by atomic mass is 9.92. The molecule has 4 heteroatoms. The highest BCUT2D eigenvalue weighted by Gasteiger charge is 2.24. The third-order valence-electron chi connectivity index (χ3n) is 4.76. The van der Waals surface area contributed by atoms with Crippen LogP contribution in [0.4, 0.5) is 0 Å². The molecule has 0 saturated carbocycles. The molecular formula is C21H19BrNO2. The minimum absolute atomic E-state index is 0.0610. The van der Waals surface area contributed by atoms with E-state index >= 15 is 0 Å². The Morgan fingerprint density at radius 2 is 1.88 bits per heavy atom. The van der Waals surface area contributed by atoms with Crippen molar-refractivity contribution in [2.45, 2.75) is 25.0 Å². The van der Waals surface area contributed by atoms with Crippen LogP contribution in [0.3, 0.4) is 0 Å². The van der Waals surface area contributed by atoms with Gasteiger partial charge in [-0.1, -0.05) is 36.4 Å². The molecule has 1 heterocycles. The van der Waals surface area contributed by atoms with Crippen LogP contribution < -0.4 is 10.1 Å². The Hall–Kier alpha value is -2.04. The summed E-state index contributed by atoms with van der Waals surface area (Å²) in [7, 11) is 0. The van der Waals surface area contributed by atoms with Crippen molar-refractivity contribution in [1.82, 2.24) is 5.32 Å². The number of para-hydroxylation sites is 1. The molecule has 1 N–H and O–H groups in total. The van der Waals surface area contributed by atoms with E-state index in [1.807, 2.05) is 30.3 Å². The van der Waals surface area contributed by atoms with Gasteiger partial charge in [0.25, 0.3) is 0 Å². The second-order valence-electron chi connectivity index (χ2n) is 6.44. The lowest BCUT2D eigenvalue weighted by Gasteiger charge is -2.31. The molecule has 0 aromatic heterocycles. The number of benzene rings is 3. The van der Waals surface area contributed by atoms with Gasteiger partial charge in [-0.2, -0.15) is 0 Å². The molecule has 3 aromatic carbocycles. The van der Waals surface area contributed by atoms with Crippen molar-refractivity contribution < 1.29 is 9.84 Å². The molecule has 1 aliphatic rings. The van der Waals surface area contributed by atoms with Crippen LogP contribution >= 0.6 is 15.9 Å². The highest BCUT2D eigenvalue weighted by molar-refractivity contribution is 9.10. The van der Waals surface area contributed by atoms with Gasteiger partial charge in [-0.3, -0.25) is 5.11 Å². The van der Waals surface area contributed by atoms with Gasteiger partial charge in [-0.05, 0) is 69.4 Å². The highest BCUT2D eigenvalue weighted by atomic mass is 79.9. The summed E-state index contributed by atoms with van der Waals surface area (Å²) in [5, 5.41) is 17.5. The smallest absolute Gasteiger partial charge is 0.179 e. The summed E-state index contributed by atoms with van der Waals surface area (Å²) in [4.78, 5) is 0. The molecule has 1 fully saturated rings. The molecule has 3 aromatic rings. The van der Waals surface area contributed by atoms with Crippen molar-refractivity contribution in [1.29, 1.82) is 0 Å². The number of piperidine rings is 1. The molecule has 0 aliphatic carbocycles. The van der Waals surface area contributed by atoms with Crippen LogP contribution in [0.15, 0.2) is 65.1 Å². The molecule has 2 atom stereocenters. The third-order valence-corrected chi connectivity index (χ3v) is 5.42. The van der Waals surface area contributed by atoms with Gasteiger partial charge in [-0.15, -0.1) is 0 Å². The number of hydrogen-bond acceptors (Lipinski definition) is 2. The van der Waals surface area contributed by atoms with E-state index in [9.17, 15) is 5.11 Å². The van der Waals surface area contributed by atoms with Gasteiger partial charge in [0.1, 0.15) is 11.9 Å². The first-order chi connectivity index (χ1) is 12.2. The summed E-state index contributed by atoms with van der Waals surface area (Å²) in [6.07, 6.45) is 2.11. The summed E-state index contributed by atoms with van der Waals surface area (Å²) in [5.74, 6) is 0.944. The molecule has 0 bridgehead atoms. The maximum atomic E-state index is 11.8. The molecule has 4 rings (SSSR count). The van der Waals surface area contributed by atoms with E-state index in [4.69, 9.17) is 4.74 Å².